The van der Waals surface area contributed by atoms with Crippen molar-refractivity contribution in [2.24, 2.45) is 0 Å². The van der Waals surface area contributed by atoms with Crippen molar-refractivity contribution in [3.05, 3.63) is 42.0 Å². The van der Waals surface area contributed by atoms with E-state index in [2.05, 4.69) is 48.0 Å². The molecule has 0 saturated heterocycles. The van der Waals surface area contributed by atoms with E-state index in [0.717, 1.165) is 17.2 Å². The third-order valence-electron chi connectivity index (χ3n) is 2.97. The van der Waals surface area contributed by atoms with Gasteiger partial charge < -0.3 is 11.1 Å². The molecule has 5 nitrogen and oxygen atoms in total. The van der Waals surface area contributed by atoms with Crippen LogP contribution in [0, 0.1) is 0 Å². The molecule has 0 radical (unpaired) electrons. The van der Waals surface area contributed by atoms with Gasteiger partial charge in [0.05, 0.1) is 6.04 Å². The quantitative estimate of drug-likeness (QED) is 0.897. The Morgan fingerprint density at radius 1 is 1.25 bits per heavy atom. The standard InChI is InChI=1S/C15H21N5/c1-10(11-6-5-7-17-9-11)18-13-8-12(16)19-14(20-13)15(2,3)4/h5-10H,1-4H3,(H3,16,18,19,20). The van der Waals surface area contributed by atoms with Gasteiger partial charge in [-0.25, -0.2) is 9.97 Å². The van der Waals surface area contributed by atoms with E-state index in [9.17, 15) is 0 Å². The first kappa shape index (κ1) is 14.2. The van der Waals surface area contributed by atoms with Crippen molar-refractivity contribution in [1.82, 2.24) is 15.0 Å². The summed E-state index contributed by atoms with van der Waals surface area (Å²) in [5, 5.41) is 3.34. The molecule has 5 heteroatoms. The van der Waals surface area contributed by atoms with Crippen molar-refractivity contribution in [2.45, 2.75) is 39.2 Å². The number of pyridine rings is 1. The van der Waals surface area contributed by atoms with E-state index in [4.69, 9.17) is 5.73 Å². The van der Waals surface area contributed by atoms with Crippen molar-refractivity contribution in [3.8, 4) is 0 Å². The molecule has 0 aromatic carbocycles. The molecule has 1 atom stereocenters. The Hall–Kier alpha value is -2.17. The van der Waals surface area contributed by atoms with E-state index in [0.29, 0.717) is 5.82 Å². The zero-order chi connectivity index (χ0) is 14.8. The Morgan fingerprint density at radius 3 is 2.60 bits per heavy atom. The van der Waals surface area contributed by atoms with Crippen LogP contribution in [0.1, 0.15) is 45.1 Å². The zero-order valence-corrected chi connectivity index (χ0v) is 12.4. The third-order valence-corrected chi connectivity index (χ3v) is 2.97. The summed E-state index contributed by atoms with van der Waals surface area (Å²) < 4.78 is 0. The molecule has 0 amide bonds. The molecule has 3 N–H and O–H groups in total. The smallest absolute Gasteiger partial charge is 0.138 e. The van der Waals surface area contributed by atoms with Crippen molar-refractivity contribution in [2.75, 3.05) is 11.1 Å². The first-order chi connectivity index (χ1) is 9.36. The molecule has 0 bridgehead atoms. The molecule has 106 valence electrons. The first-order valence-electron chi connectivity index (χ1n) is 6.68. The number of aromatic nitrogens is 3. The average molecular weight is 271 g/mol. The van der Waals surface area contributed by atoms with Crippen molar-refractivity contribution < 1.29 is 0 Å². The van der Waals surface area contributed by atoms with Crippen molar-refractivity contribution in [1.29, 1.82) is 0 Å². The SMILES string of the molecule is CC(Nc1cc(N)nc(C(C)(C)C)n1)c1cccnc1. The van der Waals surface area contributed by atoms with Crippen LogP contribution < -0.4 is 11.1 Å². The third kappa shape index (κ3) is 3.44. The second-order valence-corrected chi connectivity index (χ2v) is 5.90. The molecule has 2 aromatic heterocycles. The maximum Gasteiger partial charge on any atom is 0.138 e. The molecule has 0 aliphatic rings. The van der Waals surface area contributed by atoms with E-state index in [1.807, 2.05) is 18.3 Å². The first-order valence-corrected chi connectivity index (χ1v) is 6.68. The highest BCUT2D eigenvalue weighted by molar-refractivity contribution is 5.46. The fourth-order valence-corrected chi connectivity index (χ4v) is 1.81. The molecule has 1 unspecified atom stereocenters. The lowest BCUT2D eigenvalue weighted by Crippen LogP contribution is -2.19. The topological polar surface area (TPSA) is 76.7 Å². The molecule has 2 heterocycles. The normalized spacial score (nSPS) is 13.0. The number of nitrogens with zero attached hydrogens (tertiary/aromatic N) is 3. The van der Waals surface area contributed by atoms with Crippen LogP contribution in [0.4, 0.5) is 11.6 Å². The molecule has 2 aromatic rings. The van der Waals surface area contributed by atoms with Crippen LogP contribution in [0.2, 0.25) is 0 Å². The second-order valence-electron chi connectivity index (χ2n) is 5.90. The average Bonchev–Trinajstić information content (AvgIpc) is 2.38. The van der Waals surface area contributed by atoms with Gasteiger partial charge in [-0.1, -0.05) is 26.8 Å². The van der Waals surface area contributed by atoms with Gasteiger partial charge in [-0.3, -0.25) is 4.98 Å². The van der Waals surface area contributed by atoms with Gasteiger partial charge in [-0.15, -0.1) is 0 Å². The largest absolute Gasteiger partial charge is 0.384 e. The van der Waals surface area contributed by atoms with Gasteiger partial charge in [0.15, 0.2) is 0 Å². The predicted molar refractivity (Wildman–Crippen MR) is 81.4 cm³/mol. The van der Waals surface area contributed by atoms with Crippen LogP contribution in [-0.2, 0) is 5.41 Å². The molecule has 0 aliphatic carbocycles. The minimum Gasteiger partial charge on any atom is -0.384 e. The van der Waals surface area contributed by atoms with Crippen LogP contribution in [0.25, 0.3) is 0 Å². The highest BCUT2D eigenvalue weighted by Crippen LogP contribution is 2.23. The lowest BCUT2D eigenvalue weighted by molar-refractivity contribution is 0.546. The number of rotatable bonds is 3. The van der Waals surface area contributed by atoms with Gasteiger partial charge in [0, 0.05) is 23.9 Å². The lowest BCUT2D eigenvalue weighted by atomic mass is 9.96. The lowest BCUT2D eigenvalue weighted by Gasteiger charge is -2.20. The fraction of sp³-hybridized carbons (Fsp3) is 0.400. The summed E-state index contributed by atoms with van der Waals surface area (Å²) in [6, 6.07) is 5.80. The summed E-state index contributed by atoms with van der Waals surface area (Å²) in [5.41, 5.74) is 6.83. The molecule has 0 spiro atoms. The van der Waals surface area contributed by atoms with Crippen LogP contribution in [0.5, 0.6) is 0 Å². The van der Waals surface area contributed by atoms with E-state index in [-0.39, 0.29) is 11.5 Å². The van der Waals surface area contributed by atoms with E-state index < -0.39 is 0 Å². The van der Waals surface area contributed by atoms with Gasteiger partial charge >= 0.3 is 0 Å². The van der Waals surface area contributed by atoms with Gasteiger partial charge in [0.2, 0.25) is 0 Å². The molecule has 20 heavy (non-hydrogen) atoms. The minimum absolute atomic E-state index is 0.103. The number of hydrogen-bond acceptors (Lipinski definition) is 5. The van der Waals surface area contributed by atoms with Gasteiger partial charge in [0.1, 0.15) is 17.5 Å². The summed E-state index contributed by atoms with van der Waals surface area (Å²) in [4.78, 5) is 13.0. The summed E-state index contributed by atoms with van der Waals surface area (Å²) in [6.07, 6.45) is 3.60. The molecule has 2 rings (SSSR count). The predicted octanol–water partition coefficient (Wildman–Crippen LogP) is 2.92. The van der Waals surface area contributed by atoms with Gasteiger partial charge in [-0.05, 0) is 18.6 Å². The Kier molecular flexibility index (Phi) is 3.88. The monoisotopic (exact) mass is 271 g/mol. The maximum atomic E-state index is 5.87. The molecular weight excluding hydrogens is 250 g/mol. The van der Waals surface area contributed by atoms with Gasteiger partial charge in [0.25, 0.3) is 0 Å². The van der Waals surface area contributed by atoms with Crippen LogP contribution >= 0.6 is 0 Å². The fourth-order valence-electron chi connectivity index (χ4n) is 1.81. The van der Waals surface area contributed by atoms with Crippen LogP contribution in [-0.4, -0.2) is 15.0 Å². The minimum atomic E-state index is -0.136. The van der Waals surface area contributed by atoms with E-state index in [1.165, 1.54) is 0 Å². The van der Waals surface area contributed by atoms with E-state index in [1.54, 1.807) is 12.3 Å². The number of hydrogen-bond donors (Lipinski definition) is 2. The molecule has 0 fully saturated rings. The van der Waals surface area contributed by atoms with Crippen LogP contribution in [0.3, 0.4) is 0 Å². The van der Waals surface area contributed by atoms with E-state index >= 15 is 0 Å². The van der Waals surface area contributed by atoms with Gasteiger partial charge in [-0.2, -0.15) is 0 Å². The summed E-state index contributed by atoms with van der Waals surface area (Å²) >= 11 is 0. The van der Waals surface area contributed by atoms with Crippen molar-refractivity contribution >= 4 is 11.6 Å². The second kappa shape index (κ2) is 5.45. The highest BCUT2D eigenvalue weighted by atomic mass is 15.1. The Labute approximate surface area is 119 Å². The zero-order valence-electron chi connectivity index (χ0n) is 12.4. The number of nitrogens with one attached hydrogen (secondary N) is 1. The molecular formula is C15H21N5. The summed E-state index contributed by atoms with van der Waals surface area (Å²) in [5.74, 6) is 1.95. The number of anilines is 2. The maximum absolute atomic E-state index is 5.87. The molecule has 0 saturated carbocycles. The molecule has 0 aliphatic heterocycles. The Bertz CT molecular complexity index is 575. The number of nitrogens with two attached hydrogens (primary N) is 1. The Balaban J connectivity index is 2.24. The Morgan fingerprint density at radius 2 is 2.00 bits per heavy atom. The summed E-state index contributed by atoms with van der Waals surface area (Å²) in [6.45, 7) is 8.26. The number of nitrogen functional groups attached to an aromatic ring is 1. The van der Waals surface area contributed by atoms with Crippen molar-refractivity contribution in [3.63, 3.8) is 0 Å². The van der Waals surface area contributed by atoms with Crippen LogP contribution in [0.15, 0.2) is 30.6 Å². The highest BCUT2D eigenvalue weighted by Gasteiger charge is 2.19. The summed E-state index contributed by atoms with van der Waals surface area (Å²) in [7, 11) is 0.